The zero-order valence-electron chi connectivity index (χ0n) is 17.1. The quantitative estimate of drug-likeness (QED) is 0.790. The van der Waals surface area contributed by atoms with E-state index in [-0.39, 0.29) is 11.3 Å². The fourth-order valence-electron chi connectivity index (χ4n) is 3.59. The van der Waals surface area contributed by atoms with Crippen LogP contribution in [0.2, 0.25) is 0 Å². The van der Waals surface area contributed by atoms with Crippen molar-refractivity contribution in [2.24, 2.45) is 5.41 Å². The standard InChI is InChI=1S/C22H25N3O4/c1-5-22(4)19(26)25(20(27)24-22)14-9-10-18(23-12-14)29-17-8-6-7-16-15(17)11-21(2,3)13-28-16/h6-10,12H,5,11,13H2,1-4H3,(H,24,27)/t22-/m1/s1. The van der Waals surface area contributed by atoms with Crippen LogP contribution in [-0.2, 0) is 11.2 Å². The maximum Gasteiger partial charge on any atom is 0.329 e. The average Bonchev–Trinajstić information content (AvgIpc) is 2.92. The summed E-state index contributed by atoms with van der Waals surface area (Å²) in [6.45, 7) is 8.56. The molecule has 0 unspecified atom stereocenters. The van der Waals surface area contributed by atoms with Gasteiger partial charge in [0.2, 0.25) is 5.88 Å². The summed E-state index contributed by atoms with van der Waals surface area (Å²) in [7, 11) is 0. The first kappa shape index (κ1) is 19.2. The minimum Gasteiger partial charge on any atom is -0.493 e. The molecule has 2 aromatic rings. The summed E-state index contributed by atoms with van der Waals surface area (Å²) >= 11 is 0. The molecule has 0 saturated carbocycles. The molecule has 1 N–H and O–H groups in total. The van der Waals surface area contributed by atoms with E-state index in [1.54, 1.807) is 19.1 Å². The van der Waals surface area contributed by atoms with Crippen LogP contribution >= 0.6 is 0 Å². The number of benzene rings is 1. The zero-order valence-corrected chi connectivity index (χ0v) is 17.1. The predicted molar refractivity (Wildman–Crippen MR) is 108 cm³/mol. The van der Waals surface area contributed by atoms with Gasteiger partial charge in [-0.1, -0.05) is 26.8 Å². The molecule has 0 spiro atoms. The predicted octanol–water partition coefficient (Wildman–Crippen LogP) is 4.06. The number of aromatic nitrogens is 1. The van der Waals surface area contributed by atoms with Crippen LogP contribution in [0.4, 0.5) is 10.5 Å². The van der Waals surface area contributed by atoms with Crippen LogP contribution in [0.25, 0.3) is 0 Å². The lowest BCUT2D eigenvalue weighted by atomic mass is 9.84. The number of urea groups is 1. The molecule has 7 heteroatoms. The lowest BCUT2D eigenvalue weighted by Crippen LogP contribution is -2.43. The Morgan fingerprint density at radius 1 is 1.21 bits per heavy atom. The lowest BCUT2D eigenvalue weighted by molar-refractivity contribution is -0.121. The van der Waals surface area contributed by atoms with Gasteiger partial charge in [0.05, 0.1) is 18.5 Å². The van der Waals surface area contributed by atoms with Crippen molar-refractivity contribution in [3.63, 3.8) is 0 Å². The third-order valence-corrected chi connectivity index (χ3v) is 5.53. The van der Waals surface area contributed by atoms with Crippen LogP contribution in [-0.4, -0.2) is 29.1 Å². The first-order chi connectivity index (χ1) is 13.7. The van der Waals surface area contributed by atoms with E-state index in [1.807, 2.05) is 25.1 Å². The van der Waals surface area contributed by atoms with E-state index >= 15 is 0 Å². The van der Waals surface area contributed by atoms with E-state index in [1.165, 1.54) is 6.20 Å². The number of imide groups is 1. The number of nitrogens with zero attached hydrogens (tertiary/aromatic N) is 2. The summed E-state index contributed by atoms with van der Waals surface area (Å²) in [5.74, 6) is 1.63. The number of hydrogen-bond donors (Lipinski definition) is 1. The van der Waals surface area contributed by atoms with E-state index in [0.29, 0.717) is 30.3 Å². The molecule has 1 aromatic heterocycles. The topological polar surface area (TPSA) is 80.8 Å². The molecule has 0 aliphatic carbocycles. The van der Waals surface area contributed by atoms with Crippen molar-refractivity contribution in [1.29, 1.82) is 0 Å². The van der Waals surface area contributed by atoms with Crippen LogP contribution < -0.4 is 19.7 Å². The van der Waals surface area contributed by atoms with Crippen molar-refractivity contribution >= 4 is 17.6 Å². The largest absolute Gasteiger partial charge is 0.493 e. The van der Waals surface area contributed by atoms with Crippen molar-refractivity contribution < 1.29 is 19.1 Å². The van der Waals surface area contributed by atoms with Crippen LogP contribution in [0.1, 0.15) is 39.7 Å². The number of pyridine rings is 1. The maximum atomic E-state index is 12.6. The summed E-state index contributed by atoms with van der Waals surface area (Å²) in [6, 6.07) is 8.61. The van der Waals surface area contributed by atoms with Gasteiger partial charge in [0.1, 0.15) is 17.0 Å². The van der Waals surface area contributed by atoms with Gasteiger partial charge in [0.15, 0.2) is 0 Å². The molecule has 3 heterocycles. The van der Waals surface area contributed by atoms with Crippen molar-refractivity contribution in [3.05, 3.63) is 42.1 Å². The third kappa shape index (κ3) is 3.41. The van der Waals surface area contributed by atoms with E-state index in [4.69, 9.17) is 9.47 Å². The average molecular weight is 395 g/mol. The van der Waals surface area contributed by atoms with E-state index in [9.17, 15) is 9.59 Å². The molecule has 2 aliphatic heterocycles. The fraction of sp³-hybridized carbons (Fsp3) is 0.409. The summed E-state index contributed by atoms with van der Waals surface area (Å²) in [5, 5.41) is 2.74. The van der Waals surface area contributed by atoms with Gasteiger partial charge in [-0.25, -0.2) is 14.7 Å². The van der Waals surface area contributed by atoms with Crippen molar-refractivity contribution in [2.75, 3.05) is 11.5 Å². The second-order valence-corrected chi connectivity index (χ2v) is 8.58. The minimum atomic E-state index is -0.887. The Labute approximate surface area is 170 Å². The van der Waals surface area contributed by atoms with Gasteiger partial charge in [-0.3, -0.25) is 4.79 Å². The van der Waals surface area contributed by atoms with Crippen LogP contribution in [0.15, 0.2) is 36.5 Å². The Morgan fingerprint density at radius 3 is 2.66 bits per heavy atom. The number of carbonyl (C=O) groups is 2. The van der Waals surface area contributed by atoms with E-state index in [0.717, 1.165) is 22.6 Å². The summed E-state index contributed by atoms with van der Waals surface area (Å²) < 4.78 is 11.9. The first-order valence-corrected chi connectivity index (χ1v) is 9.78. The van der Waals surface area contributed by atoms with Gasteiger partial charge in [-0.15, -0.1) is 0 Å². The molecule has 7 nitrogen and oxygen atoms in total. The number of hydrogen-bond acceptors (Lipinski definition) is 5. The number of ether oxygens (including phenoxy) is 2. The van der Waals surface area contributed by atoms with Gasteiger partial charge in [0, 0.05) is 17.0 Å². The summed E-state index contributed by atoms with van der Waals surface area (Å²) in [4.78, 5) is 30.3. The molecule has 29 heavy (non-hydrogen) atoms. The molecule has 2 aliphatic rings. The number of rotatable bonds is 4. The molecule has 0 bridgehead atoms. The van der Waals surface area contributed by atoms with Crippen molar-refractivity contribution in [2.45, 2.75) is 46.1 Å². The highest BCUT2D eigenvalue weighted by Crippen LogP contribution is 2.40. The Hall–Kier alpha value is -3.09. The number of nitrogens with one attached hydrogen (secondary N) is 1. The highest BCUT2D eigenvalue weighted by atomic mass is 16.5. The fourth-order valence-corrected chi connectivity index (χ4v) is 3.59. The molecule has 152 valence electrons. The molecule has 1 atom stereocenters. The third-order valence-electron chi connectivity index (χ3n) is 5.53. The molecule has 3 amide bonds. The monoisotopic (exact) mass is 395 g/mol. The molecule has 1 aromatic carbocycles. The summed E-state index contributed by atoms with van der Waals surface area (Å²) in [5.41, 5.74) is 0.570. The number of amides is 3. The molecule has 1 fully saturated rings. The highest BCUT2D eigenvalue weighted by Gasteiger charge is 2.47. The molecular formula is C22H25N3O4. The SMILES string of the molecule is CC[C@@]1(C)NC(=O)N(c2ccc(Oc3cccc4c3CC(C)(C)CO4)nc2)C1=O. The van der Waals surface area contributed by atoms with Gasteiger partial charge in [-0.2, -0.15) is 0 Å². The normalized spacial score (nSPS) is 22.7. The van der Waals surface area contributed by atoms with Gasteiger partial charge in [0.25, 0.3) is 5.91 Å². The Morgan fingerprint density at radius 2 is 2.00 bits per heavy atom. The second kappa shape index (κ2) is 6.76. The van der Waals surface area contributed by atoms with Gasteiger partial charge >= 0.3 is 6.03 Å². The molecule has 4 rings (SSSR count). The molecule has 1 saturated heterocycles. The Balaban J connectivity index is 1.56. The first-order valence-electron chi connectivity index (χ1n) is 9.78. The van der Waals surface area contributed by atoms with E-state index < -0.39 is 11.6 Å². The van der Waals surface area contributed by atoms with Crippen LogP contribution in [0.3, 0.4) is 0 Å². The van der Waals surface area contributed by atoms with Crippen LogP contribution in [0, 0.1) is 5.41 Å². The minimum absolute atomic E-state index is 0.0269. The smallest absolute Gasteiger partial charge is 0.329 e. The molecular weight excluding hydrogens is 370 g/mol. The number of carbonyl (C=O) groups excluding carboxylic acids is 2. The Kier molecular flexibility index (Phi) is 4.48. The zero-order chi connectivity index (χ0) is 20.8. The lowest BCUT2D eigenvalue weighted by Gasteiger charge is -2.32. The highest BCUT2D eigenvalue weighted by molar-refractivity contribution is 6.23. The second-order valence-electron chi connectivity index (χ2n) is 8.58. The van der Waals surface area contributed by atoms with Crippen molar-refractivity contribution in [3.8, 4) is 17.4 Å². The number of fused-ring (bicyclic) bond motifs is 1. The van der Waals surface area contributed by atoms with E-state index in [2.05, 4.69) is 24.1 Å². The maximum absolute atomic E-state index is 12.6. The Bertz CT molecular complexity index is 971. The van der Waals surface area contributed by atoms with Crippen LogP contribution in [0.5, 0.6) is 17.4 Å². The molecule has 0 radical (unpaired) electrons. The van der Waals surface area contributed by atoms with Gasteiger partial charge < -0.3 is 14.8 Å². The summed E-state index contributed by atoms with van der Waals surface area (Å²) in [6.07, 6.45) is 2.83. The van der Waals surface area contributed by atoms with Crippen molar-refractivity contribution in [1.82, 2.24) is 10.3 Å². The van der Waals surface area contributed by atoms with Gasteiger partial charge in [-0.05, 0) is 38.0 Å². The number of anilines is 1.